The lowest BCUT2D eigenvalue weighted by atomic mass is 10.0. The Balaban J connectivity index is 1.90. The lowest BCUT2D eigenvalue weighted by molar-refractivity contribution is 0.713. The minimum absolute atomic E-state index is 0.749. The molecule has 0 atom stereocenters. The Kier molecular flexibility index (Phi) is 2.44. The molecule has 1 aromatic carbocycles. The molecule has 0 saturated heterocycles. The third-order valence-corrected chi connectivity index (χ3v) is 3.18. The monoisotopic (exact) mass is 225 g/mol. The lowest BCUT2D eigenvalue weighted by Crippen LogP contribution is -2.30. The van der Waals surface area contributed by atoms with Crippen LogP contribution in [0.2, 0.25) is 0 Å². The second-order valence-electron chi connectivity index (χ2n) is 4.38. The molecule has 86 valence electrons. The summed E-state index contributed by atoms with van der Waals surface area (Å²) in [6, 6.07) is 12.5. The van der Waals surface area contributed by atoms with E-state index in [1.165, 1.54) is 16.9 Å². The first-order chi connectivity index (χ1) is 8.33. The van der Waals surface area contributed by atoms with E-state index in [2.05, 4.69) is 34.1 Å². The highest BCUT2D eigenvalue weighted by molar-refractivity contribution is 5.50. The van der Waals surface area contributed by atoms with Gasteiger partial charge in [0.05, 0.1) is 11.9 Å². The second kappa shape index (κ2) is 4.09. The van der Waals surface area contributed by atoms with E-state index in [0.717, 1.165) is 25.2 Å². The Morgan fingerprint density at radius 1 is 1.18 bits per heavy atom. The van der Waals surface area contributed by atoms with Crippen LogP contribution in [0.5, 0.6) is 0 Å². The molecule has 0 saturated carbocycles. The number of para-hydroxylation sites is 1. The van der Waals surface area contributed by atoms with E-state index in [0.29, 0.717) is 0 Å². The van der Waals surface area contributed by atoms with Gasteiger partial charge in [0.25, 0.3) is 0 Å². The number of pyridine rings is 1. The number of rotatable bonds is 1. The molecule has 3 heteroatoms. The van der Waals surface area contributed by atoms with Crippen LogP contribution in [0.25, 0.3) is 0 Å². The highest BCUT2D eigenvalue weighted by atomic mass is 15.1. The van der Waals surface area contributed by atoms with Crippen molar-refractivity contribution in [3.05, 3.63) is 53.9 Å². The van der Waals surface area contributed by atoms with Crippen LogP contribution in [0.4, 0.5) is 11.4 Å². The van der Waals surface area contributed by atoms with Crippen molar-refractivity contribution in [2.45, 2.75) is 13.0 Å². The summed E-state index contributed by atoms with van der Waals surface area (Å²) in [6.45, 7) is 1.92. The van der Waals surface area contributed by atoms with Gasteiger partial charge in [-0.2, -0.15) is 0 Å². The van der Waals surface area contributed by atoms with Crippen LogP contribution in [0, 0.1) is 0 Å². The molecule has 0 aliphatic carbocycles. The summed E-state index contributed by atoms with van der Waals surface area (Å²) in [5.74, 6) is 0. The maximum Gasteiger partial charge on any atom is 0.0504 e. The SMILES string of the molecule is Nc1cnc2c(c1)CN(c1ccccc1)CC2. The van der Waals surface area contributed by atoms with Crippen LogP contribution in [-0.4, -0.2) is 11.5 Å². The van der Waals surface area contributed by atoms with Gasteiger partial charge in [0.15, 0.2) is 0 Å². The van der Waals surface area contributed by atoms with Gasteiger partial charge in [-0.3, -0.25) is 4.98 Å². The maximum atomic E-state index is 5.78. The van der Waals surface area contributed by atoms with E-state index < -0.39 is 0 Å². The fourth-order valence-electron chi connectivity index (χ4n) is 2.30. The average Bonchev–Trinajstić information content (AvgIpc) is 2.39. The molecule has 0 amide bonds. The zero-order valence-electron chi connectivity index (χ0n) is 9.63. The number of hydrogen-bond donors (Lipinski definition) is 1. The molecule has 3 nitrogen and oxygen atoms in total. The summed E-state index contributed by atoms with van der Waals surface area (Å²) >= 11 is 0. The molecule has 3 rings (SSSR count). The predicted octanol–water partition coefficient (Wildman–Crippen LogP) is 2.23. The van der Waals surface area contributed by atoms with Gasteiger partial charge in [-0.15, -0.1) is 0 Å². The summed E-state index contributed by atoms with van der Waals surface area (Å²) in [5, 5.41) is 0. The number of fused-ring (bicyclic) bond motifs is 1. The van der Waals surface area contributed by atoms with Crippen LogP contribution < -0.4 is 10.6 Å². The Morgan fingerprint density at radius 2 is 2.00 bits per heavy atom. The van der Waals surface area contributed by atoms with Crippen molar-refractivity contribution in [2.24, 2.45) is 0 Å². The van der Waals surface area contributed by atoms with E-state index in [9.17, 15) is 0 Å². The highest BCUT2D eigenvalue weighted by Gasteiger charge is 2.17. The molecule has 0 fully saturated rings. The number of aromatic nitrogens is 1. The van der Waals surface area contributed by atoms with Gasteiger partial charge >= 0.3 is 0 Å². The van der Waals surface area contributed by atoms with E-state index in [1.54, 1.807) is 6.20 Å². The van der Waals surface area contributed by atoms with E-state index in [1.807, 2.05) is 12.1 Å². The summed E-state index contributed by atoms with van der Waals surface area (Å²) < 4.78 is 0. The minimum atomic E-state index is 0.749. The van der Waals surface area contributed by atoms with Crippen LogP contribution in [0.1, 0.15) is 11.3 Å². The average molecular weight is 225 g/mol. The molecule has 1 aliphatic rings. The Labute approximate surface area is 101 Å². The zero-order valence-corrected chi connectivity index (χ0v) is 9.63. The number of nitrogen functional groups attached to an aromatic ring is 1. The standard InChI is InChI=1S/C14H15N3/c15-12-8-11-10-17(7-6-14(11)16-9-12)13-4-2-1-3-5-13/h1-5,8-9H,6-7,10,15H2. The van der Waals surface area contributed by atoms with Crippen molar-refractivity contribution in [3.8, 4) is 0 Å². The first-order valence-electron chi connectivity index (χ1n) is 5.86. The Hall–Kier alpha value is -2.03. The molecule has 0 spiro atoms. The van der Waals surface area contributed by atoms with Crippen molar-refractivity contribution in [3.63, 3.8) is 0 Å². The predicted molar refractivity (Wildman–Crippen MR) is 69.8 cm³/mol. The number of hydrogen-bond acceptors (Lipinski definition) is 3. The molecular weight excluding hydrogens is 210 g/mol. The molecule has 2 heterocycles. The third kappa shape index (κ3) is 1.96. The molecule has 0 unspecified atom stereocenters. The molecule has 1 aliphatic heterocycles. The third-order valence-electron chi connectivity index (χ3n) is 3.18. The fraction of sp³-hybridized carbons (Fsp3) is 0.214. The van der Waals surface area contributed by atoms with Gasteiger partial charge < -0.3 is 10.6 Å². The van der Waals surface area contributed by atoms with Crippen molar-refractivity contribution < 1.29 is 0 Å². The van der Waals surface area contributed by atoms with Crippen molar-refractivity contribution >= 4 is 11.4 Å². The minimum Gasteiger partial charge on any atom is -0.397 e. The molecule has 2 aromatic rings. The van der Waals surface area contributed by atoms with Gasteiger partial charge in [-0.1, -0.05) is 18.2 Å². The van der Waals surface area contributed by atoms with Crippen molar-refractivity contribution in [1.29, 1.82) is 0 Å². The van der Waals surface area contributed by atoms with Gasteiger partial charge in [0.2, 0.25) is 0 Å². The van der Waals surface area contributed by atoms with Crippen LogP contribution >= 0.6 is 0 Å². The molecule has 0 bridgehead atoms. The van der Waals surface area contributed by atoms with E-state index >= 15 is 0 Å². The van der Waals surface area contributed by atoms with Crippen LogP contribution in [0.15, 0.2) is 42.6 Å². The van der Waals surface area contributed by atoms with Crippen LogP contribution in [0.3, 0.4) is 0 Å². The number of nitrogens with zero attached hydrogens (tertiary/aromatic N) is 2. The van der Waals surface area contributed by atoms with Crippen LogP contribution in [-0.2, 0) is 13.0 Å². The smallest absolute Gasteiger partial charge is 0.0504 e. The number of anilines is 2. The summed E-state index contributed by atoms with van der Waals surface area (Å²) in [6.07, 6.45) is 2.74. The van der Waals surface area contributed by atoms with Crippen molar-refractivity contribution in [1.82, 2.24) is 4.98 Å². The van der Waals surface area contributed by atoms with E-state index in [4.69, 9.17) is 5.73 Å². The van der Waals surface area contributed by atoms with Crippen molar-refractivity contribution in [2.75, 3.05) is 17.2 Å². The summed E-state index contributed by atoms with van der Waals surface area (Å²) in [4.78, 5) is 6.76. The molecular formula is C14H15N3. The second-order valence-corrected chi connectivity index (χ2v) is 4.38. The first-order valence-corrected chi connectivity index (χ1v) is 5.86. The summed E-state index contributed by atoms with van der Waals surface area (Å²) in [5.41, 5.74) is 10.2. The van der Waals surface area contributed by atoms with Gasteiger partial charge in [0, 0.05) is 30.9 Å². The topological polar surface area (TPSA) is 42.1 Å². The number of benzene rings is 1. The van der Waals surface area contributed by atoms with Gasteiger partial charge in [-0.05, 0) is 23.8 Å². The normalized spacial score (nSPS) is 14.5. The largest absolute Gasteiger partial charge is 0.397 e. The summed E-state index contributed by atoms with van der Waals surface area (Å²) in [7, 11) is 0. The maximum absolute atomic E-state index is 5.78. The molecule has 17 heavy (non-hydrogen) atoms. The number of nitrogens with two attached hydrogens (primary N) is 1. The first kappa shape index (κ1) is 10.1. The molecule has 0 radical (unpaired) electrons. The Bertz CT molecular complexity index is 522. The Morgan fingerprint density at radius 3 is 2.82 bits per heavy atom. The quantitative estimate of drug-likeness (QED) is 0.809. The zero-order chi connectivity index (χ0) is 11.7. The highest BCUT2D eigenvalue weighted by Crippen LogP contribution is 2.23. The van der Waals surface area contributed by atoms with Gasteiger partial charge in [-0.25, -0.2) is 0 Å². The van der Waals surface area contributed by atoms with E-state index in [-0.39, 0.29) is 0 Å². The lowest BCUT2D eigenvalue weighted by Gasteiger charge is -2.30. The molecule has 2 N–H and O–H groups in total. The fourth-order valence-corrected chi connectivity index (χ4v) is 2.30. The molecule has 1 aromatic heterocycles. The van der Waals surface area contributed by atoms with Gasteiger partial charge in [0.1, 0.15) is 0 Å².